The van der Waals surface area contributed by atoms with E-state index in [9.17, 15) is 4.79 Å². The largest absolute Gasteiger partial charge is 0.481 e. The molecular weight excluding hydrogens is 290 g/mol. The van der Waals surface area contributed by atoms with Crippen molar-refractivity contribution in [1.29, 1.82) is 0 Å². The lowest BCUT2D eigenvalue weighted by molar-refractivity contribution is -0.139. The highest BCUT2D eigenvalue weighted by Gasteiger charge is 2.54. The second kappa shape index (κ2) is 4.58. The predicted octanol–water partition coefficient (Wildman–Crippen LogP) is 1.55. The van der Waals surface area contributed by atoms with E-state index in [1.807, 2.05) is 6.07 Å². The molecule has 2 aliphatic heterocycles. The molecule has 0 saturated carbocycles. The molecule has 4 rings (SSSR count). The number of nitrogens with zero attached hydrogens (tertiary/aromatic N) is 2. The van der Waals surface area contributed by atoms with Crippen molar-refractivity contribution in [3.05, 3.63) is 22.3 Å². The molecule has 3 aliphatic rings. The Morgan fingerprint density at radius 1 is 1.52 bits per heavy atom. The average molecular weight is 308 g/mol. The molecule has 0 radical (unpaired) electrons. The highest BCUT2D eigenvalue weighted by atomic mass is 35.5. The first-order valence-corrected chi connectivity index (χ1v) is 7.76. The first-order valence-electron chi connectivity index (χ1n) is 7.39. The summed E-state index contributed by atoms with van der Waals surface area (Å²) in [5.41, 5.74) is 2.25. The van der Waals surface area contributed by atoms with Gasteiger partial charge >= 0.3 is 0 Å². The number of hydrogen-bond acceptors (Lipinski definition) is 4. The van der Waals surface area contributed by atoms with Crippen molar-refractivity contribution in [1.82, 2.24) is 15.2 Å². The quantitative estimate of drug-likeness (QED) is 0.842. The molecule has 1 spiro atoms. The van der Waals surface area contributed by atoms with Crippen molar-refractivity contribution in [3.8, 4) is 5.88 Å². The normalized spacial score (nSPS) is 26.6. The van der Waals surface area contributed by atoms with Crippen molar-refractivity contribution >= 4 is 17.5 Å². The number of halogens is 1. The van der Waals surface area contributed by atoms with Gasteiger partial charge in [-0.3, -0.25) is 9.69 Å². The van der Waals surface area contributed by atoms with Gasteiger partial charge in [0.1, 0.15) is 5.15 Å². The van der Waals surface area contributed by atoms with Crippen LogP contribution in [0.5, 0.6) is 5.88 Å². The fourth-order valence-corrected chi connectivity index (χ4v) is 4.25. The number of rotatable bonds is 2. The van der Waals surface area contributed by atoms with E-state index in [2.05, 4.69) is 15.2 Å². The van der Waals surface area contributed by atoms with Gasteiger partial charge in [-0.1, -0.05) is 11.6 Å². The van der Waals surface area contributed by atoms with Crippen LogP contribution < -0.4 is 10.1 Å². The third-order valence-electron chi connectivity index (χ3n) is 5.11. The summed E-state index contributed by atoms with van der Waals surface area (Å²) in [6.07, 6.45) is 3.00. The fourth-order valence-electron chi connectivity index (χ4n) is 4.04. The van der Waals surface area contributed by atoms with E-state index in [1.54, 1.807) is 7.11 Å². The van der Waals surface area contributed by atoms with Crippen LogP contribution in [-0.4, -0.2) is 42.5 Å². The van der Waals surface area contributed by atoms with Crippen LogP contribution in [-0.2, 0) is 11.2 Å². The van der Waals surface area contributed by atoms with E-state index >= 15 is 0 Å². The summed E-state index contributed by atoms with van der Waals surface area (Å²) in [5, 5.41) is 3.44. The summed E-state index contributed by atoms with van der Waals surface area (Å²) in [6, 6.07) is 2.25. The molecule has 2 saturated heterocycles. The number of methoxy groups -OCH3 is 1. The van der Waals surface area contributed by atoms with E-state index in [4.69, 9.17) is 16.3 Å². The van der Waals surface area contributed by atoms with Gasteiger partial charge in [0.15, 0.2) is 0 Å². The number of ether oxygens (including phenoxy) is 1. The Hall–Kier alpha value is -1.33. The maximum absolute atomic E-state index is 12.0. The van der Waals surface area contributed by atoms with E-state index in [1.165, 1.54) is 5.56 Å². The molecule has 1 aromatic rings. The van der Waals surface area contributed by atoms with Crippen LogP contribution >= 0.6 is 11.6 Å². The van der Waals surface area contributed by atoms with Crippen molar-refractivity contribution in [2.75, 3.05) is 26.7 Å². The number of amides is 1. The summed E-state index contributed by atoms with van der Waals surface area (Å²) in [7, 11) is 1.64. The summed E-state index contributed by atoms with van der Waals surface area (Å²) < 4.78 is 5.42. The molecule has 6 heteroatoms. The number of pyridine rings is 1. The Balaban J connectivity index is 1.60. The maximum atomic E-state index is 12.0. The lowest BCUT2D eigenvalue weighted by Crippen LogP contribution is -2.60. The third kappa shape index (κ3) is 1.87. The standard InChI is InChI=1S/C15H18ClN3O2/c1-21-13-12-9(6-11(16)18-13)2-3-10(12)19-7-15(8-19)4-5-17-14(15)20/h6,10H,2-5,7-8H2,1H3,(H,17,20)/t10-/m1/s1. The van der Waals surface area contributed by atoms with Gasteiger partial charge in [-0.05, 0) is 30.9 Å². The highest BCUT2D eigenvalue weighted by molar-refractivity contribution is 6.29. The monoisotopic (exact) mass is 307 g/mol. The second-order valence-corrected chi connectivity index (χ2v) is 6.66. The molecule has 1 aliphatic carbocycles. The summed E-state index contributed by atoms with van der Waals surface area (Å²) in [5.74, 6) is 0.856. The molecule has 0 bridgehead atoms. The van der Waals surface area contributed by atoms with Gasteiger partial charge in [-0.15, -0.1) is 0 Å². The SMILES string of the molecule is COc1nc(Cl)cc2c1[C@H](N1CC3(CCNC3=O)C1)CC2. The van der Waals surface area contributed by atoms with Crippen molar-refractivity contribution in [2.24, 2.45) is 5.41 Å². The Bertz CT molecular complexity index is 613. The minimum absolute atomic E-state index is 0.143. The van der Waals surface area contributed by atoms with Gasteiger partial charge in [0.25, 0.3) is 0 Å². The molecule has 1 N–H and O–H groups in total. The highest BCUT2D eigenvalue weighted by Crippen LogP contribution is 2.48. The average Bonchev–Trinajstić information content (AvgIpc) is 2.99. The Labute approximate surface area is 128 Å². The number of carbonyl (C=O) groups excluding carboxylic acids is 1. The molecule has 5 nitrogen and oxygen atoms in total. The second-order valence-electron chi connectivity index (χ2n) is 6.27. The number of likely N-dealkylation sites (tertiary alicyclic amines) is 1. The summed E-state index contributed by atoms with van der Waals surface area (Å²) in [6.45, 7) is 2.50. The minimum atomic E-state index is -0.143. The number of fused-ring (bicyclic) bond motifs is 1. The van der Waals surface area contributed by atoms with E-state index in [0.29, 0.717) is 17.1 Å². The smallest absolute Gasteiger partial charge is 0.228 e. The Morgan fingerprint density at radius 2 is 2.33 bits per heavy atom. The van der Waals surface area contributed by atoms with Crippen LogP contribution in [0, 0.1) is 5.41 Å². The molecule has 0 unspecified atom stereocenters. The zero-order valence-corrected chi connectivity index (χ0v) is 12.7. The molecule has 112 valence electrons. The Morgan fingerprint density at radius 3 is 3.00 bits per heavy atom. The number of nitrogens with one attached hydrogen (secondary N) is 1. The van der Waals surface area contributed by atoms with E-state index < -0.39 is 0 Å². The predicted molar refractivity (Wildman–Crippen MR) is 78.5 cm³/mol. The number of hydrogen-bond donors (Lipinski definition) is 1. The molecule has 1 atom stereocenters. The van der Waals surface area contributed by atoms with Crippen molar-refractivity contribution in [2.45, 2.75) is 25.3 Å². The zero-order valence-electron chi connectivity index (χ0n) is 12.0. The van der Waals surface area contributed by atoms with Crippen LogP contribution in [0.25, 0.3) is 0 Å². The Kier molecular flexibility index (Phi) is 2.91. The molecule has 3 heterocycles. The summed E-state index contributed by atoms with van der Waals surface area (Å²) >= 11 is 6.04. The molecule has 1 amide bonds. The van der Waals surface area contributed by atoms with Crippen LogP contribution in [0.4, 0.5) is 0 Å². The fraction of sp³-hybridized carbons (Fsp3) is 0.600. The number of aromatic nitrogens is 1. The van der Waals surface area contributed by atoms with Gasteiger partial charge in [-0.25, -0.2) is 4.98 Å². The molecule has 1 aromatic heterocycles. The topological polar surface area (TPSA) is 54.5 Å². The lowest BCUT2D eigenvalue weighted by atomic mass is 9.77. The van der Waals surface area contributed by atoms with E-state index in [0.717, 1.165) is 44.5 Å². The molecular formula is C15H18ClN3O2. The molecule has 0 aromatic carbocycles. The van der Waals surface area contributed by atoms with Gasteiger partial charge in [0.05, 0.1) is 12.5 Å². The third-order valence-corrected chi connectivity index (χ3v) is 5.31. The maximum Gasteiger partial charge on any atom is 0.228 e. The van der Waals surface area contributed by atoms with Crippen LogP contribution in [0.1, 0.15) is 30.0 Å². The first-order chi connectivity index (χ1) is 10.1. The molecule has 2 fully saturated rings. The summed E-state index contributed by atoms with van der Waals surface area (Å²) in [4.78, 5) is 18.6. The van der Waals surface area contributed by atoms with Gasteiger partial charge in [0.2, 0.25) is 11.8 Å². The minimum Gasteiger partial charge on any atom is -0.481 e. The first kappa shape index (κ1) is 13.3. The van der Waals surface area contributed by atoms with Crippen molar-refractivity contribution in [3.63, 3.8) is 0 Å². The molecule has 21 heavy (non-hydrogen) atoms. The number of carbonyl (C=O) groups is 1. The van der Waals surface area contributed by atoms with Crippen LogP contribution in [0.15, 0.2) is 6.07 Å². The van der Waals surface area contributed by atoms with Gasteiger partial charge in [-0.2, -0.15) is 0 Å². The van der Waals surface area contributed by atoms with Gasteiger partial charge < -0.3 is 10.1 Å². The zero-order chi connectivity index (χ0) is 14.6. The lowest BCUT2D eigenvalue weighted by Gasteiger charge is -2.49. The van der Waals surface area contributed by atoms with Gasteiger partial charge in [0, 0.05) is 31.2 Å². The van der Waals surface area contributed by atoms with Crippen LogP contribution in [0.2, 0.25) is 5.15 Å². The number of aryl methyl sites for hydroxylation is 1. The van der Waals surface area contributed by atoms with Crippen LogP contribution in [0.3, 0.4) is 0 Å². The van der Waals surface area contributed by atoms with E-state index in [-0.39, 0.29) is 11.3 Å². The van der Waals surface area contributed by atoms with Crippen molar-refractivity contribution < 1.29 is 9.53 Å².